The van der Waals surface area contributed by atoms with Crippen LogP contribution >= 0.6 is 12.4 Å². The van der Waals surface area contributed by atoms with Gasteiger partial charge in [0.15, 0.2) is 0 Å². The molecule has 8 heteroatoms. The van der Waals surface area contributed by atoms with Crippen molar-refractivity contribution in [1.29, 1.82) is 0 Å². The molecule has 1 N–H and O–H groups in total. The van der Waals surface area contributed by atoms with Crippen LogP contribution in [0.1, 0.15) is 27.5 Å². The number of carboxylic acids is 1. The lowest BCUT2D eigenvalue weighted by atomic mass is 9.88. The number of likely N-dealkylation sites (tertiary alicyclic amines) is 1. The lowest BCUT2D eigenvalue weighted by molar-refractivity contribution is 0.0696. The van der Waals surface area contributed by atoms with Gasteiger partial charge >= 0.3 is 5.97 Å². The van der Waals surface area contributed by atoms with Crippen LogP contribution in [-0.4, -0.2) is 55.4 Å². The second kappa shape index (κ2) is 8.07. The van der Waals surface area contributed by atoms with Crippen LogP contribution < -0.4 is 0 Å². The number of sulfonamides is 1. The van der Waals surface area contributed by atoms with Gasteiger partial charge in [0.05, 0.1) is 10.5 Å². The van der Waals surface area contributed by atoms with Crippen LogP contribution in [0.25, 0.3) is 0 Å². The van der Waals surface area contributed by atoms with Gasteiger partial charge in [-0.1, -0.05) is 30.3 Å². The number of aryl methyl sites for hydroxylation is 1. The van der Waals surface area contributed by atoms with Crippen LogP contribution in [0, 0.1) is 18.8 Å². The zero-order valence-corrected chi connectivity index (χ0v) is 18.0. The van der Waals surface area contributed by atoms with Gasteiger partial charge in [0.25, 0.3) is 0 Å². The zero-order chi connectivity index (χ0) is 20.1. The molecule has 0 bridgehead atoms. The summed E-state index contributed by atoms with van der Waals surface area (Å²) >= 11 is 0. The van der Waals surface area contributed by atoms with Gasteiger partial charge in [-0.3, -0.25) is 4.90 Å². The zero-order valence-electron chi connectivity index (χ0n) is 16.4. The maximum Gasteiger partial charge on any atom is 0.335 e. The van der Waals surface area contributed by atoms with Gasteiger partial charge in [0.2, 0.25) is 10.0 Å². The van der Waals surface area contributed by atoms with Crippen LogP contribution in [0.5, 0.6) is 0 Å². The number of carbonyl (C=O) groups is 1. The summed E-state index contributed by atoms with van der Waals surface area (Å²) < 4.78 is 27.8. The summed E-state index contributed by atoms with van der Waals surface area (Å²) in [4.78, 5) is 13.6. The number of carboxylic acid groups (broad SMARTS) is 1. The number of aromatic carboxylic acids is 1. The average molecular weight is 437 g/mol. The Kier molecular flexibility index (Phi) is 6.06. The van der Waals surface area contributed by atoms with E-state index in [9.17, 15) is 18.3 Å². The Balaban J connectivity index is 0.00000240. The fourth-order valence-electron chi connectivity index (χ4n) is 4.74. The number of rotatable bonds is 4. The molecule has 0 amide bonds. The second-order valence-electron chi connectivity index (χ2n) is 7.82. The molecule has 2 heterocycles. The molecule has 6 nitrogen and oxygen atoms in total. The summed E-state index contributed by atoms with van der Waals surface area (Å²) in [6.07, 6.45) is 0. The van der Waals surface area contributed by atoms with Gasteiger partial charge in [-0.2, -0.15) is 4.31 Å². The maximum atomic E-state index is 13.2. The monoisotopic (exact) mass is 436 g/mol. The van der Waals surface area contributed by atoms with Crippen molar-refractivity contribution >= 4 is 28.4 Å². The van der Waals surface area contributed by atoms with E-state index in [1.54, 1.807) is 0 Å². The minimum atomic E-state index is -3.72. The molecule has 2 aliphatic heterocycles. The highest BCUT2D eigenvalue weighted by atomic mass is 35.5. The molecule has 2 aromatic rings. The Bertz CT molecular complexity index is 1030. The molecular weight excluding hydrogens is 412 g/mol. The first kappa shape index (κ1) is 21.8. The minimum absolute atomic E-state index is 0. The number of hydrogen-bond donors (Lipinski definition) is 1. The first-order chi connectivity index (χ1) is 13.3. The Labute approximate surface area is 177 Å². The predicted octanol–water partition coefficient (Wildman–Crippen LogP) is 3.04. The third-order valence-corrected chi connectivity index (χ3v) is 7.91. The molecule has 0 radical (unpaired) electrons. The molecule has 0 saturated carbocycles. The van der Waals surface area contributed by atoms with Crippen molar-refractivity contribution in [2.24, 2.45) is 11.8 Å². The fraction of sp³-hybridized carbons (Fsp3) is 0.381. The first-order valence-corrected chi connectivity index (χ1v) is 10.8. The number of nitrogens with zero attached hydrogens (tertiary/aromatic N) is 2. The molecule has 0 aromatic heterocycles. The van der Waals surface area contributed by atoms with Crippen molar-refractivity contribution in [3.05, 3.63) is 65.2 Å². The number of benzene rings is 2. The maximum absolute atomic E-state index is 13.2. The minimum Gasteiger partial charge on any atom is -0.478 e. The summed E-state index contributed by atoms with van der Waals surface area (Å²) in [5.41, 5.74) is 2.46. The van der Waals surface area contributed by atoms with Gasteiger partial charge in [-0.25, -0.2) is 13.2 Å². The van der Waals surface area contributed by atoms with Gasteiger partial charge in [-0.05, 0) is 55.1 Å². The Hall–Kier alpha value is -1.93. The largest absolute Gasteiger partial charge is 0.478 e. The van der Waals surface area contributed by atoms with Gasteiger partial charge < -0.3 is 5.11 Å². The van der Waals surface area contributed by atoms with Crippen molar-refractivity contribution in [2.45, 2.75) is 17.9 Å². The van der Waals surface area contributed by atoms with Crippen molar-refractivity contribution in [1.82, 2.24) is 9.21 Å². The summed E-state index contributed by atoms with van der Waals surface area (Å²) in [6.45, 7) is 3.87. The van der Waals surface area contributed by atoms with Crippen LogP contribution in [0.4, 0.5) is 0 Å². The third-order valence-electron chi connectivity index (χ3n) is 6.09. The summed E-state index contributed by atoms with van der Waals surface area (Å²) in [5.74, 6) is -0.632. The average Bonchev–Trinajstić information content (AvgIpc) is 3.20. The van der Waals surface area contributed by atoms with Gasteiger partial charge in [0, 0.05) is 25.7 Å². The van der Waals surface area contributed by atoms with E-state index in [1.807, 2.05) is 12.1 Å². The molecule has 156 valence electrons. The lowest BCUT2D eigenvalue weighted by Gasteiger charge is -2.28. The molecule has 0 unspecified atom stereocenters. The van der Waals surface area contributed by atoms with Crippen molar-refractivity contribution in [3.63, 3.8) is 0 Å². The normalized spacial score (nSPS) is 24.8. The quantitative estimate of drug-likeness (QED) is 0.797. The molecule has 0 spiro atoms. The summed E-state index contributed by atoms with van der Waals surface area (Å²) in [7, 11) is -1.62. The molecule has 2 aromatic carbocycles. The van der Waals surface area contributed by atoms with Crippen LogP contribution in [0.15, 0.2) is 53.4 Å². The molecule has 4 rings (SSSR count). The van der Waals surface area contributed by atoms with Crippen molar-refractivity contribution in [3.8, 4) is 0 Å². The van der Waals surface area contributed by atoms with Crippen molar-refractivity contribution < 1.29 is 18.3 Å². The molecular formula is C21H25ClN2O4S. The lowest BCUT2D eigenvalue weighted by Crippen LogP contribution is -2.33. The highest BCUT2D eigenvalue weighted by Gasteiger charge is 2.49. The molecule has 2 aliphatic rings. The van der Waals surface area contributed by atoms with Crippen LogP contribution in [0.2, 0.25) is 0 Å². The molecule has 3 atom stereocenters. The Morgan fingerprint density at radius 2 is 1.79 bits per heavy atom. The summed E-state index contributed by atoms with van der Waals surface area (Å²) in [5, 5.41) is 9.17. The van der Waals surface area contributed by atoms with E-state index in [-0.39, 0.29) is 40.7 Å². The van der Waals surface area contributed by atoms with E-state index < -0.39 is 16.0 Å². The molecule has 2 fully saturated rings. The van der Waals surface area contributed by atoms with E-state index in [0.29, 0.717) is 13.1 Å². The molecule has 2 saturated heterocycles. The van der Waals surface area contributed by atoms with E-state index in [1.165, 1.54) is 39.7 Å². The summed E-state index contributed by atoms with van der Waals surface area (Å²) in [6, 6.07) is 14.1. The highest BCUT2D eigenvalue weighted by molar-refractivity contribution is 7.89. The second-order valence-corrected chi connectivity index (χ2v) is 9.76. The van der Waals surface area contributed by atoms with Gasteiger partial charge in [0.1, 0.15) is 0 Å². The molecule has 29 heavy (non-hydrogen) atoms. The third kappa shape index (κ3) is 3.80. The van der Waals surface area contributed by atoms with Gasteiger partial charge in [-0.15, -0.1) is 12.4 Å². The smallest absolute Gasteiger partial charge is 0.335 e. The SMILES string of the molecule is Cc1ccccc1[C@H]1[C@@H]2CN(S(=O)(=O)c3cccc(C(=O)O)c3)C[C@@H]2CN1C.Cl. The van der Waals surface area contributed by atoms with E-state index >= 15 is 0 Å². The van der Waals surface area contributed by atoms with Crippen molar-refractivity contribution in [2.75, 3.05) is 26.7 Å². The van der Waals surface area contributed by atoms with Crippen LogP contribution in [0.3, 0.4) is 0 Å². The predicted molar refractivity (Wildman–Crippen MR) is 113 cm³/mol. The number of halogens is 1. The first-order valence-electron chi connectivity index (χ1n) is 9.38. The Morgan fingerprint density at radius 3 is 2.48 bits per heavy atom. The van der Waals surface area contributed by atoms with Crippen LogP contribution in [-0.2, 0) is 10.0 Å². The fourth-order valence-corrected chi connectivity index (χ4v) is 6.32. The Morgan fingerprint density at radius 1 is 1.07 bits per heavy atom. The van der Waals surface area contributed by atoms with E-state index in [0.717, 1.165) is 6.54 Å². The molecule has 0 aliphatic carbocycles. The van der Waals surface area contributed by atoms with E-state index in [4.69, 9.17) is 0 Å². The number of hydrogen-bond acceptors (Lipinski definition) is 4. The standard InChI is InChI=1S/C21H24N2O4S.ClH/c1-14-6-3-4-9-18(14)20-19-13-23(12-16(19)11-22(20)2)28(26,27)17-8-5-7-15(10-17)21(24)25;/h3-10,16,19-20H,11-13H2,1-2H3,(H,24,25);1H/t16-,19+,20-;/m0./s1. The highest BCUT2D eigenvalue weighted by Crippen LogP contribution is 2.46. The topological polar surface area (TPSA) is 77.9 Å². The van der Waals surface area contributed by atoms with E-state index in [2.05, 4.69) is 31.0 Å². The number of fused-ring (bicyclic) bond motifs is 1.